The summed E-state index contributed by atoms with van der Waals surface area (Å²) in [7, 11) is 0. The molecule has 0 radical (unpaired) electrons. The van der Waals surface area contributed by atoms with Crippen LogP contribution in [-0.4, -0.2) is 35.1 Å². The lowest BCUT2D eigenvalue weighted by atomic mass is 9.96. The molecule has 0 aromatic heterocycles. The van der Waals surface area contributed by atoms with Crippen molar-refractivity contribution in [3.63, 3.8) is 0 Å². The maximum atomic E-state index is 12.9. The number of likely N-dealkylation sites (N-methyl/N-ethyl adjacent to an activating group) is 1. The standard InChI is InChI=1S/C20H22N2O/c1-4-22-19(21-14-20(22,2)3)17-13-9-8-12-16(17)18(23)15-10-6-5-7-11-15/h5-13H,4,14H2,1-3H3. The van der Waals surface area contributed by atoms with Crippen molar-refractivity contribution in [2.24, 2.45) is 4.99 Å². The number of carbonyl (C=O) groups is 1. The van der Waals surface area contributed by atoms with E-state index >= 15 is 0 Å². The third-order valence-electron chi connectivity index (χ3n) is 4.37. The fourth-order valence-electron chi connectivity index (χ4n) is 3.16. The van der Waals surface area contributed by atoms with Crippen molar-refractivity contribution < 1.29 is 4.79 Å². The van der Waals surface area contributed by atoms with E-state index in [4.69, 9.17) is 4.99 Å². The van der Waals surface area contributed by atoms with Gasteiger partial charge in [-0.15, -0.1) is 0 Å². The van der Waals surface area contributed by atoms with Gasteiger partial charge in [0, 0.05) is 23.2 Å². The van der Waals surface area contributed by atoms with Crippen LogP contribution in [0.2, 0.25) is 0 Å². The second-order valence-electron chi connectivity index (χ2n) is 6.44. The van der Waals surface area contributed by atoms with Crippen LogP contribution < -0.4 is 0 Å². The molecule has 2 aromatic rings. The van der Waals surface area contributed by atoms with Crippen molar-refractivity contribution in [1.82, 2.24) is 4.90 Å². The van der Waals surface area contributed by atoms with E-state index in [9.17, 15) is 4.79 Å². The largest absolute Gasteiger partial charge is 0.350 e. The highest BCUT2D eigenvalue weighted by molar-refractivity contribution is 6.16. The summed E-state index contributed by atoms with van der Waals surface area (Å²) < 4.78 is 0. The van der Waals surface area contributed by atoms with Crippen LogP contribution in [0.4, 0.5) is 0 Å². The number of carbonyl (C=O) groups excluding carboxylic acids is 1. The Morgan fingerprint density at radius 3 is 2.43 bits per heavy atom. The van der Waals surface area contributed by atoms with Crippen LogP contribution >= 0.6 is 0 Å². The van der Waals surface area contributed by atoms with E-state index < -0.39 is 0 Å². The average Bonchev–Trinajstić information content (AvgIpc) is 2.89. The van der Waals surface area contributed by atoms with E-state index in [1.807, 2.05) is 54.6 Å². The Labute approximate surface area is 137 Å². The van der Waals surface area contributed by atoms with Gasteiger partial charge in [-0.1, -0.05) is 54.6 Å². The molecular weight excluding hydrogens is 284 g/mol. The lowest BCUT2D eigenvalue weighted by molar-refractivity contribution is 0.103. The molecule has 1 heterocycles. The summed E-state index contributed by atoms with van der Waals surface area (Å²) in [6.07, 6.45) is 0. The molecule has 0 aliphatic carbocycles. The molecule has 23 heavy (non-hydrogen) atoms. The third-order valence-corrected chi connectivity index (χ3v) is 4.37. The lowest BCUT2D eigenvalue weighted by Gasteiger charge is -2.33. The van der Waals surface area contributed by atoms with Crippen molar-refractivity contribution in [2.75, 3.05) is 13.1 Å². The quantitative estimate of drug-likeness (QED) is 0.805. The third kappa shape index (κ3) is 2.79. The molecule has 3 rings (SSSR count). The summed E-state index contributed by atoms with van der Waals surface area (Å²) in [6, 6.07) is 17.2. The minimum atomic E-state index is -0.00696. The summed E-state index contributed by atoms with van der Waals surface area (Å²) in [5, 5.41) is 0. The van der Waals surface area contributed by atoms with Gasteiger partial charge in [-0.25, -0.2) is 0 Å². The van der Waals surface area contributed by atoms with Crippen LogP contribution in [0.1, 0.15) is 42.3 Å². The van der Waals surface area contributed by atoms with Gasteiger partial charge in [0.2, 0.25) is 0 Å². The van der Waals surface area contributed by atoms with E-state index in [0.29, 0.717) is 11.1 Å². The highest BCUT2D eigenvalue weighted by atomic mass is 16.1. The zero-order valence-electron chi connectivity index (χ0n) is 13.9. The normalized spacial score (nSPS) is 16.3. The molecule has 0 bridgehead atoms. The van der Waals surface area contributed by atoms with Crippen LogP contribution in [0, 0.1) is 0 Å². The van der Waals surface area contributed by atoms with Gasteiger partial charge in [0.1, 0.15) is 5.84 Å². The van der Waals surface area contributed by atoms with Gasteiger partial charge in [0.15, 0.2) is 5.78 Å². The zero-order valence-corrected chi connectivity index (χ0v) is 13.9. The molecule has 0 unspecified atom stereocenters. The Bertz CT molecular complexity index is 747. The first kappa shape index (κ1) is 15.5. The van der Waals surface area contributed by atoms with E-state index in [1.165, 1.54) is 0 Å². The molecule has 3 heteroatoms. The van der Waals surface area contributed by atoms with Crippen molar-refractivity contribution >= 4 is 11.6 Å². The molecule has 0 amide bonds. The van der Waals surface area contributed by atoms with E-state index in [2.05, 4.69) is 25.7 Å². The predicted octanol–water partition coefficient (Wildman–Crippen LogP) is 3.78. The summed E-state index contributed by atoms with van der Waals surface area (Å²) in [5.74, 6) is 0.974. The first-order valence-electron chi connectivity index (χ1n) is 8.06. The summed E-state index contributed by atoms with van der Waals surface area (Å²) in [4.78, 5) is 19.9. The molecule has 0 spiro atoms. The van der Waals surface area contributed by atoms with E-state index in [1.54, 1.807) is 0 Å². The van der Waals surface area contributed by atoms with Gasteiger partial charge in [0.05, 0.1) is 12.1 Å². The Morgan fingerprint density at radius 1 is 1.09 bits per heavy atom. The summed E-state index contributed by atoms with van der Waals surface area (Å²) in [6.45, 7) is 8.14. The molecule has 1 aliphatic rings. The molecule has 0 fully saturated rings. The number of hydrogen-bond acceptors (Lipinski definition) is 3. The van der Waals surface area contributed by atoms with Gasteiger partial charge in [-0.3, -0.25) is 9.79 Å². The maximum absolute atomic E-state index is 12.9. The zero-order chi connectivity index (χ0) is 16.4. The summed E-state index contributed by atoms with van der Waals surface area (Å²) >= 11 is 0. The highest BCUT2D eigenvalue weighted by Crippen LogP contribution is 2.27. The number of aliphatic imine (C=N–C) groups is 1. The van der Waals surface area contributed by atoms with E-state index in [-0.39, 0.29) is 11.3 Å². The average molecular weight is 306 g/mol. The van der Waals surface area contributed by atoms with Crippen molar-refractivity contribution in [3.8, 4) is 0 Å². The number of amidine groups is 1. The fourth-order valence-corrected chi connectivity index (χ4v) is 3.16. The molecule has 3 nitrogen and oxygen atoms in total. The van der Waals surface area contributed by atoms with E-state index in [0.717, 1.165) is 24.5 Å². The molecule has 118 valence electrons. The molecule has 0 N–H and O–H groups in total. The number of nitrogens with zero attached hydrogens (tertiary/aromatic N) is 2. The Morgan fingerprint density at radius 2 is 1.74 bits per heavy atom. The molecule has 0 atom stereocenters. The Kier molecular flexibility index (Phi) is 4.03. The minimum Gasteiger partial charge on any atom is -0.350 e. The van der Waals surface area contributed by atoms with Crippen molar-refractivity contribution in [3.05, 3.63) is 71.3 Å². The van der Waals surface area contributed by atoms with Gasteiger partial charge in [-0.2, -0.15) is 0 Å². The van der Waals surface area contributed by atoms with Gasteiger partial charge in [0.25, 0.3) is 0 Å². The predicted molar refractivity (Wildman–Crippen MR) is 94.2 cm³/mol. The number of ketones is 1. The topological polar surface area (TPSA) is 32.7 Å². The van der Waals surface area contributed by atoms with Crippen LogP contribution in [-0.2, 0) is 0 Å². The lowest BCUT2D eigenvalue weighted by Crippen LogP contribution is -2.45. The van der Waals surface area contributed by atoms with Crippen molar-refractivity contribution in [2.45, 2.75) is 26.3 Å². The molecule has 2 aromatic carbocycles. The van der Waals surface area contributed by atoms with Crippen LogP contribution in [0.5, 0.6) is 0 Å². The fraction of sp³-hybridized carbons (Fsp3) is 0.300. The number of rotatable bonds is 4. The first-order valence-corrected chi connectivity index (χ1v) is 8.06. The second kappa shape index (κ2) is 5.99. The number of hydrogen-bond donors (Lipinski definition) is 0. The van der Waals surface area contributed by atoms with Gasteiger partial charge >= 0.3 is 0 Å². The van der Waals surface area contributed by atoms with Gasteiger partial charge < -0.3 is 4.90 Å². The summed E-state index contributed by atoms with van der Waals surface area (Å²) in [5.41, 5.74) is 2.34. The minimum absolute atomic E-state index is 0.00696. The van der Waals surface area contributed by atoms with Crippen LogP contribution in [0.25, 0.3) is 0 Å². The molecule has 0 saturated heterocycles. The highest BCUT2D eigenvalue weighted by Gasteiger charge is 2.35. The number of benzene rings is 2. The monoisotopic (exact) mass is 306 g/mol. The molecule has 1 aliphatic heterocycles. The Balaban J connectivity index is 2.04. The molecular formula is C20H22N2O. The smallest absolute Gasteiger partial charge is 0.193 e. The Hall–Kier alpha value is -2.42. The van der Waals surface area contributed by atoms with Crippen molar-refractivity contribution in [1.29, 1.82) is 0 Å². The SMILES string of the molecule is CCN1C(c2ccccc2C(=O)c2ccccc2)=NCC1(C)C. The van der Waals surface area contributed by atoms with Crippen LogP contribution in [0.15, 0.2) is 59.6 Å². The van der Waals surface area contributed by atoms with Gasteiger partial charge in [-0.05, 0) is 20.8 Å². The maximum Gasteiger partial charge on any atom is 0.193 e. The first-order chi connectivity index (χ1) is 11.0. The van der Waals surface area contributed by atoms with Crippen LogP contribution in [0.3, 0.4) is 0 Å². The molecule has 0 saturated carbocycles. The second-order valence-corrected chi connectivity index (χ2v) is 6.44.